The van der Waals surface area contributed by atoms with Crippen LogP contribution in [0.1, 0.15) is 5.56 Å². The number of methoxy groups -OCH3 is 4. The summed E-state index contributed by atoms with van der Waals surface area (Å²) in [6.45, 7) is 0.427. The zero-order valence-electron chi connectivity index (χ0n) is 15.7. The molecule has 27 heavy (non-hydrogen) atoms. The molecule has 0 unspecified atom stereocenters. The van der Waals surface area contributed by atoms with Crippen molar-refractivity contribution in [1.82, 2.24) is 5.32 Å². The van der Waals surface area contributed by atoms with Gasteiger partial charge in [0, 0.05) is 18.7 Å². The average Bonchev–Trinajstić information content (AvgIpc) is 2.70. The number of carbonyl (C=O) groups excluding carboxylic acids is 1. The van der Waals surface area contributed by atoms with E-state index in [4.69, 9.17) is 30.5 Å². The Morgan fingerprint density at radius 2 is 1.56 bits per heavy atom. The van der Waals surface area contributed by atoms with Gasteiger partial charge in [-0.15, -0.1) is 0 Å². The Hall–Kier alpha value is -2.80. The molecule has 2 aromatic carbocycles. The molecule has 2 N–H and O–H groups in total. The second-order valence-electron chi connectivity index (χ2n) is 5.51. The molecule has 0 fully saturated rings. The zero-order valence-corrected chi connectivity index (χ0v) is 16.5. The Morgan fingerprint density at radius 1 is 0.889 bits per heavy atom. The first kappa shape index (κ1) is 20.5. The van der Waals surface area contributed by atoms with Gasteiger partial charge in [0.05, 0.1) is 45.7 Å². The molecule has 0 saturated carbocycles. The minimum Gasteiger partial charge on any atom is -0.495 e. The van der Waals surface area contributed by atoms with Crippen LogP contribution in [-0.4, -0.2) is 40.9 Å². The van der Waals surface area contributed by atoms with Crippen LogP contribution in [0, 0.1) is 0 Å². The maximum absolute atomic E-state index is 12.2. The molecular formula is C19H23ClN2O5. The fourth-order valence-corrected chi connectivity index (χ4v) is 2.66. The van der Waals surface area contributed by atoms with E-state index >= 15 is 0 Å². The number of nitrogens with one attached hydrogen (secondary N) is 2. The topological polar surface area (TPSA) is 78.1 Å². The average molecular weight is 395 g/mol. The number of carbonyl (C=O) groups is 1. The van der Waals surface area contributed by atoms with Gasteiger partial charge in [-0.2, -0.15) is 0 Å². The molecule has 0 aromatic heterocycles. The number of hydrogen-bond donors (Lipinski definition) is 2. The summed E-state index contributed by atoms with van der Waals surface area (Å²) in [4.78, 5) is 12.2. The Bertz CT molecular complexity index is 798. The van der Waals surface area contributed by atoms with E-state index in [0.29, 0.717) is 40.3 Å². The molecule has 0 radical (unpaired) electrons. The van der Waals surface area contributed by atoms with Crippen LogP contribution in [0.25, 0.3) is 0 Å². The highest BCUT2D eigenvalue weighted by Gasteiger charge is 2.11. The molecule has 146 valence electrons. The van der Waals surface area contributed by atoms with Crippen molar-refractivity contribution < 1.29 is 23.7 Å². The molecule has 2 aromatic rings. The van der Waals surface area contributed by atoms with Crippen LogP contribution in [-0.2, 0) is 11.3 Å². The van der Waals surface area contributed by atoms with Crippen LogP contribution in [0.3, 0.4) is 0 Å². The lowest BCUT2D eigenvalue weighted by atomic mass is 10.2. The summed E-state index contributed by atoms with van der Waals surface area (Å²) in [6.07, 6.45) is 0. The second kappa shape index (κ2) is 9.78. The minimum absolute atomic E-state index is 0.0639. The lowest BCUT2D eigenvalue weighted by Gasteiger charge is -2.14. The van der Waals surface area contributed by atoms with Crippen molar-refractivity contribution in [2.45, 2.75) is 6.54 Å². The van der Waals surface area contributed by atoms with Crippen molar-refractivity contribution in [2.75, 3.05) is 40.3 Å². The smallest absolute Gasteiger partial charge is 0.239 e. The first-order chi connectivity index (χ1) is 13.0. The quantitative estimate of drug-likeness (QED) is 0.680. The SMILES string of the molecule is COc1cc(NCC(=O)NCc2ccc(OC)c(OC)c2)c(OC)cc1Cl. The van der Waals surface area contributed by atoms with E-state index in [-0.39, 0.29) is 12.5 Å². The zero-order chi connectivity index (χ0) is 19.8. The lowest BCUT2D eigenvalue weighted by Crippen LogP contribution is -2.29. The Kier molecular flexibility index (Phi) is 7.43. The van der Waals surface area contributed by atoms with Crippen molar-refractivity contribution in [3.63, 3.8) is 0 Å². The largest absolute Gasteiger partial charge is 0.495 e. The van der Waals surface area contributed by atoms with Gasteiger partial charge in [-0.25, -0.2) is 0 Å². The normalized spacial score (nSPS) is 10.1. The van der Waals surface area contributed by atoms with Gasteiger partial charge in [0.25, 0.3) is 0 Å². The molecule has 0 bridgehead atoms. The Labute approximate surface area is 163 Å². The predicted octanol–water partition coefficient (Wildman–Crippen LogP) is 3.10. The van der Waals surface area contributed by atoms with E-state index in [1.807, 2.05) is 12.1 Å². The summed E-state index contributed by atoms with van der Waals surface area (Å²) in [5.41, 5.74) is 1.51. The summed E-state index contributed by atoms with van der Waals surface area (Å²) >= 11 is 6.08. The van der Waals surface area contributed by atoms with Crippen LogP contribution < -0.4 is 29.6 Å². The van der Waals surface area contributed by atoms with Crippen LogP contribution >= 0.6 is 11.6 Å². The van der Waals surface area contributed by atoms with Gasteiger partial charge in [-0.05, 0) is 17.7 Å². The summed E-state index contributed by atoms with van der Waals surface area (Å²) in [5.74, 6) is 2.08. The van der Waals surface area contributed by atoms with E-state index in [2.05, 4.69) is 10.6 Å². The number of halogens is 1. The molecule has 2 rings (SSSR count). The van der Waals surface area contributed by atoms with Crippen LogP contribution in [0.5, 0.6) is 23.0 Å². The number of ether oxygens (including phenoxy) is 4. The standard InChI is InChI=1S/C19H23ClN2O5/c1-24-15-6-5-12(7-18(15)27-4)10-22-19(23)11-21-14-9-16(25-2)13(20)8-17(14)26-3/h5-9,21H,10-11H2,1-4H3,(H,22,23). The fourth-order valence-electron chi connectivity index (χ4n) is 2.43. The third kappa shape index (κ3) is 5.34. The third-order valence-electron chi connectivity index (χ3n) is 3.85. The summed E-state index contributed by atoms with van der Waals surface area (Å²) in [5, 5.41) is 6.29. The summed E-state index contributed by atoms with van der Waals surface area (Å²) in [6, 6.07) is 8.79. The molecular weight excluding hydrogens is 372 g/mol. The monoisotopic (exact) mass is 394 g/mol. The van der Waals surface area contributed by atoms with Crippen molar-refractivity contribution >= 4 is 23.2 Å². The van der Waals surface area contributed by atoms with E-state index in [1.165, 1.54) is 14.2 Å². The molecule has 0 spiro atoms. The van der Waals surface area contributed by atoms with Gasteiger partial charge >= 0.3 is 0 Å². The van der Waals surface area contributed by atoms with Crippen molar-refractivity contribution in [3.8, 4) is 23.0 Å². The van der Waals surface area contributed by atoms with E-state index < -0.39 is 0 Å². The molecule has 0 aliphatic heterocycles. The number of anilines is 1. The lowest BCUT2D eigenvalue weighted by molar-refractivity contribution is -0.119. The number of hydrogen-bond acceptors (Lipinski definition) is 6. The van der Waals surface area contributed by atoms with E-state index in [9.17, 15) is 4.79 Å². The molecule has 0 aliphatic rings. The first-order valence-electron chi connectivity index (χ1n) is 8.15. The second-order valence-corrected chi connectivity index (χ2v) is 5.91. The third-order valence-corrected chi connectivity index (χ3v) is 4.15. The Morgan fingerprint density at radius 3 is 2.19 bits per heavy atom. The molecule has 0 atom stereocenters. The highest BCUT2D eigenvalue weighted by molar-refractivity contribution is 6.32. The van der Waals surface area contributed by atoms with E-state index in [1.54, 1.807) is 32.4 Å². The summed E-state index contributed by atoms with van der Waals surface area (Å²) in [7, 11) is 6.19. The van der Waals surface area contributed by atoms with Crippen molar-refractivity contribution in [3.05, 3.63) is 40.9 Å². The molecule has 0 saturated heterocycles. The minimum atomic E-state index is -0.180. The molecule has 1 amide bonds. The van der Waals surface area contributed by atoms with Crippen LogP contribution in [0.15, 0.2) is 30.3 Å². The van der Waals surface area contributed by atoms with Crippen molar-refractivity contribution in [1.29, 1.82) is 0 Å². The van der Waals surface area contributed by atoms with Gasteiger partial charge in [0.15, 0.2) is 11.5 Å². The first-order valence-corrected chi connectivity index (χ1v) is 8.53. The van der Waals surface area contributed by atoms with Crippen molar-refractivity contribution in [2.24, 2.45) is 0 Å². The predicted molar refractivity (Wildman–Crippen MR) is 104 cm³/mol. The molecule has 8 heteroatoms. The summed E-state index contributed by atoms with van der Waals surface area (Å²) < 4.78 is 20.9. The molecule has 7 nitrogen and oxygen atoms in total. The van der Waals surface area contributed by atoms with Gasteiger partial charge in [-0.3, -0.25) is 4.79 Å². The maximum Gasteiger partial charge on any atom is 0.239 e. The Balaban J connectivity index is 1.95. The van der Waals surface area contributed by atoms with Gasteiger partial charge < -0.3 is 29.6 Å². The van der Waals surface area contributed by atoms with E-state index in [0.717, 1.165) is 5.56 Å². The number of benzene rings is 2. The fraction of sp³-hybridized carbons (Fsp3) is 0.316. The highest BCUT2D eigenvalue weighted by Crippen LogP contribution is 2.35. The molecule has 0 aliphatic carbocycles. The molecule has 0 heterocycles. The van der Waals surface area contributed by atoms with Crippen LogP contribution in [0.2, 0.25) is 5.02 Å². The van der Waals surface area contributed by atoms with Gasteiger partial charge in [0.1, 0.15) is 11.5 Å². The van der Waals surface area contributed by atoms with Gasteiger partial charge in [0.2, 0.25) is 5.91 Å². The van der Waals surface area contributed by atoms with Gasteiger partial charge in [-0.1, -0.05) is 17.7 Å². The van der Waals surface area contributed by atoms with Crippen LogP contribution in [0.4, 0.5) is 5.69 Å². The number of rotatable bonds is 9. The highest BCUT2D eigenvalue weighted by atomic mass is 35.5. The number of amides is 1. The maximum atomic E-state index is 12.2.